The Labute approximate surface area is 123 Å². The van der Waals surface area contributed by atoms with E-state index in [1.807, 2.05) is 0 Å². The summed E-state index contributed by atoms with van der Waals surface area (Å²) in [6, 6.07) is 1.56. The van der Waals surface area contributed by atoms with Crippen LogP contribution < -0.4 is 5.32 Å². The molecule has 3 aliphatic rings. The van der Waals surface area contributed by atoms with Gasteiger partial charge in [-0.2, -0.15) is 0 Å². The van der Waals surface area contributed by atoms with E-state index in [-0.39, 0.29) is 0 Å². The van der Waals surface area contributed by atoms with Crippen molar-refractivity contribution in [1.29, 1.82) is 0 Å². The van der Waals surface area contributed by atoms with E-state index in [1.165, 1.54) is 45.3 Å². The number of ether oxygens (including phenoxy) is 2. The Kier molecular flexibility index (Phi) is 5.32. The smallest absolute Gasteiger partial charge is 0.0700 e. The minimum Gasteiger partial charge on any atom is -0.382 e. The Balaban J connectivity index is 1.38. The standard InChI is InChI=1S/C16H30N2O2/c1-19-9-10-20-8-2-7-18-12-15(13-3-4-13)17-11-16(18)14-5-6-14/h13-17H,2-12H2,1H3. The molecule has 20 heavy (non-hydrogen) atoms. The first-order chi connectivity index (χ1) is 9.88. The van der Waals surface area contributed by atoms with E-state index in [0.717, 1.165) is 43.6 Å². The predicted octanol–water partition coefficient (Wildman–Crippen LogP) is 1.50. The fraction of sp³-hybridized carbons (Fsp3) is 1.00. The Morgan fingerprint density at radius 2 is 1.85 bits per heavy atom. The topological polar surface area (TPSA) is 33.7 Å². The zero-order valence-corrected chi connectivity index (χ0v) is 12.9. The Hall–Kier alpha value is -0.160. The quantitative estimate of drug-likeness (QED) is 0.650. The Morgan fingerprint density at radius 3 is 2.55 bits per heavy atom. The highest BCUT2D eigenvalue weighted by atomic mass is 16.5. The molecule has 1 aliphatic heterocycles. The highest BCUT2D eigenvalue weighted by Crippen LogP contribution is 2.39. The van der Waals surface area contributed by atoms with Crippen molar-refractivity contribution in [2.24, 2.45) is 11.8 Å². The summed E-state index contributed by atoms with van der Waals surface area (Å²) in [4.78, 5) is 2.76. The maximum atomic E-state index is 5.60. The van der Waals surface area contributed by atoms with Gasteiger partial charge in [0.25, 0.3) is 0 Å². The molecule has 0 bridgehead atoms. The van der Waals surface area contributed by atoms with E-state index < -0.39 is 0 Å². The first-order valence-corrected chi connectivity index (χ1v) is 8.42. The van der Waals surface area contributed by atoms with Crippen LogP contribution in [0.2, 0.25) is 0 Å². The van der Waals surface area contributed by atoms with E-state index >= 15 is 0 Å². The monoisotopic (exact) mass is 282 g/mol. The summed E-state index contributed by atoms with van der Waals surface area (Å²) in [6.07, 6.45) is 6.94. The van der Waals surface area contributed by atoms with Crippen LogP contribution in [0, 0.1) is 11.8 Å². The van der Waals surface area contributed by atoms with Crippen LogP contribution in [0.4, 0.5) is 0 Å². The van der Waals surface area contributed by atoms with Crippen molar-refractivity contribution in [2.75, 3.05) is 46.6 Å². The summed E-state index contributed by atoms with van der Waals surface area (Å²) < 4.78 is 10.6. The Morgan fingerprint density at radius 1 is 1.05 bits per heavy atom. The van der Waals surface area contributed by atoms with Gasteiger partial charge in [-0.1, -0.05) is 0 Å². The summed E-state index contributed by atoms with van der Waals surface area (Å²) in [5, 5.41) is 3.81. The summed E-state index contributed by atoms with van der Waals surface area (Å²) in [5.41, 5.74) is 0. The average molecular weight is 282 g/mol. The molecule has 3 rings (SSSR count). The van der Waals surface area contributed by atoms with Gasteiger partial charge >= 0.3 is 0 Å². The van der Waals surface area contributed by atoms with Gasteiger partial charge in [-0.05, 0) is 43.9 Å². The Bertz CT molecular complexity index is 292. The lowest BCUT2D eigenvalue weighted by atomic mass is 10.0. The van der Waals surface area contributed by atoms with Gasteiger partial charge < -0.3 is 14.8 Å². The van der Waals surface area contributed by atoms with Crippen molar-refractivity contribution >= 4 is 0 Å². The van der Waals surface area contributed by atoms with Crippen molar-refractivity contribution in [2.45, 2.75) is 44.2 Å². The SMILES string of the molecule is COCCOCCCN1CC(C2CC2)NCC1C1CC1. The second kappa shape index (κ2) is 7.21. The van der Waals surface area contributed by atoms with E-state index in [2.05, 4.69) is 10.2 Å². The van der Waals surface area contributed by atoms with Crippen molar-refractivity contribution in [1.82, 2.24) is 10.2 Å². The molecule has 0 aromatic rings. The molecule has 4 heteroatoms. The molecule has 2 atom stereocenters. The lowest BCUT2D eigenvalue weighted by Gasteiger charge is -2.41. The molecule has 2 aliphatic carbocycles. The first-order valence-electron chi connectivity index (χ1n) is 8.42. The summed E-state index contributed by atoms with van der Waals surface area (Å²) in [7, 11) is 1.72. The van der Waals surface area contributed by atoms with Crippen LogP contribution in [-0.4, -0.2) is 63.5 Å². The number of hydrogen-bond acceptors (Lipinski definition) is 4. The maximum Gasteiger partial charge on any atom is 0.0700 e. The van der Waals surface area contributed by atoms with Crippen LogP contribution in [-0.2, 0) is 9.47 Å². The van der Waals surface area contributed by atoms with Crippen LogP contribution in [0.5, 0.6) is 0 Å². The van der Waals surface area contributed by atoms with Crippen LogP contribution in [0.3, 0.4) is 0 Å². The molecule has 3 fully saturated rings. The van der Waals surface area contributed by atoms with Crippen LogP contribution in [0.25, 0.3) is 0 Å². The highest BCUT2D eigenvalue weighted by Gasteiger charge is 2.42. The average Bonchev–Trinajstić information content (AvgIpc) is 3.34. The summed E-state index contributed by atoms with van der Waals surface area (Å²) in [5.74, 6) is 1.94. The lowest BCUT2D eigenvalue weighted by molar-refractivity contribution is 0.0543. The van der Waals surface area contributed by atoms with Gasteiger partial charge in [0, 0.05) is 45.4 Å². The number of rotatable bonds is 9. The number of nitrogens with zero attached hydrogens (tertiary/aromatic N) is 1. The summed E-state index contributed by atoms with van der Waals surface area (Å²) in [6.45, 7) is 6.01. The number of methoxy groups -OCH3 is 1. The molecule has 2 saturated carbocycles. The zero-order valence-electron chi connectivity index (χ0n) is 12.9. The minimum absolute atomic E-state index is 0.710. The zero-order chi connectivity index (χ0) is 13.8. The van der Waals surface area contributed by atoms with E-state index in [9.17, 15) is 0 Å². The molecule has 4 nitrogen and oxygen atoms in total. The molecule has 1 saturated heterocycles. The number of piperazine rings is 1. The van der Waals surface area contributed by atoms with Gasteiger partial charge in [0.15, 0.2) is 0 Å². The van der Waals surface area contributed by atoms with Gasteiger partial charge in [-0.25, -0.2) is 0 Å². The van der Waals surface area contributed by atoms with Crippen LogP contribution in [0.15, 0.2) is 0 Å². The molecule has 1 heterocycles. The predicted molar refractivity (Wildman–Crippen MR) is 79.9 cm³/mol. The van der Waals surface area contributed by atoms with E-state index in [0.29, 0.717) is 6.61 Å². The van der Waals surface area contributed by atoms with Gasteiger partial charge in [0.2, 0.25) is 0 Å². The molecule has 0 aromatic carbocycles. The maximum absolute atomic E-state index is 5.60. The first kappa shape index (κ1) is 14.8. The van der Waals surface area contributed by atoms with E-state index in [1.54, 1.807) is 7.11 Å². The van der Waals surface area contributed by atoms with Gasteiger partial charge in [-0.3, -0.25) is 4.90 Å². The minimum atomic E-state index is 0.710. The molecule has 116 valence electrons. The second-order valence-corrected chi connectivity index (χ2v) is 6.71. The third-order valence-electron chi connectivity index (χ3n) is 5.01. The molecule has 1 N–H and O–H groups in total. The van der Waals surface area contributed by atoms with Crippen LogP contribution in [0.1, 0.15) is 32.1 Å². The van der Waals surface area contributed by atoms with Crippen molar-refractivity contribution in [3.05, 3.63) is 0 Å². The molecular formula is C16H30N2O2. The third kappa shape index (κ3) is 4.17. The molecule has 0 spiro atoms. The van der Waals surface area contributed by atoms with Crippen molar-refractivity contribution in [3.8, 4) is 0 Å². The molecule has 0 radical (unpaired) electrons. The van der Waals surface area contributed by atoms with Gasteiger partial charge in [0.1, 0.15) is 0 Å². The second-order valence-electron chi connectivity index (χ2n) is 6.71. The van der Waals surface area contributed by atoms with Crippen molar-refractivity contribution < 1.29 is 9.47 Å². The number of nitrogens with one attached hydrogen (secondary N) is 1. The van der Waals surface area contributed by atoms with Crippen LogP contribution >= 0.6 is 0 Å². The third-order valence-corrected chi connectivity index (χ3v) is 5.01. The largest absolute Gasteiger partial charge is 0.382 e. The van der Waals surface area contributed by atoms with Gasteiger partial charge in [0.05, 0.1) is 13.2 Å². The summed E-state index contributed by atoms with van der Waals surface area (Å²) >= 11 is 0. The molecule has 2 unspecified atom stereocenters. The lowest BCUT2D eigenvalue weighted by Crippen LogP contribution is -2.58. The van der Waals surface area contributed by atoms with E-state index in [4.69, 9.17) is 9.47 Å². The highest BCUT2D eigenvalue weighted by molar-refractivity contribution is 4.98. The molecule has 0 aromatic heterocycles. The van der Waals surface area contributed by atoms with Crippen molar-refractivity contribution in [3.63, 3.8) is 0 Å². The molecular weight excluding hydrogens is 252 g/mol. The molecule has 0 amide bonds. The normalized spacial score (nSPS) is 31.6. The fourth-order valence-corrected chi connectivity index (χ4v) is 3.49. The number of hydrogen-bond donors (Lipinski definition) is 1. The van der Waals surface area contributed by atoms with Gasteiger partial charge in [-0.15, -0.1) is 0 Å². The fourth-order valence-electron chi connectivity index (χ4n) is 3.49.